The highest BCUT2D eigenvalue weighted by molar-refractivity contribution is 6.09. The van der Waals surface area contributed by atoms with Gasteiger partial charge in [0, 0.05) is 22.8 Å². The fourth-order valence-corrected chi connectivity index (χ4v) is 3.80. The number of nitriles is 1. The highest BCUT2D eigenvalue weighted by Crippen LogP contribution is 2.26. The van der Waals surface area contributed by atoms with Gasteiger partial charge in [-0.1, -0.05) is 42.5 Å². The Morgan fingerprint density at radius 2 is 1.58 bits per heavy atom. The number of hydrogen-bond donors (Lipinski definition) is 1. The van der Waals surface area contributed by atoms with Crippen molar-refractivity contribution in [2.45, 2.75) is 13.8 Å². The van der Waals surface area contributed by atoms with Crippen molar-refractivity contribution in [3.63, 3.8) is 0 Å². The van der Waals surface area contributed by atoms with E-state index in [0.717, 1.165) is 33.8 Å². The molecule has 0 saturated carbocycles. The van der Waals surface area contributed by atoms with E-state index in [4.69, 9.17) is 0 Å². The molecule has 0 saturated heterocycles. The van der Waals surface area contributed by atoms with Gasteiger partial charge in [0.15, 0.2) is 0 Å². The molecule has 162 valence electrons. The van der Waals surface area contributed by atoms with Gasteiger partial charge in [0.2, 0.25) is 0 Å². The minimum Gasteiger partial charge on any atom is -0.321 e. The number of aromatic nitrogens is 1. The smallest absolute Gasteiger partial charge is 0.266 e. The maximum atomic E-state index is 13.1. The van der Waals surface area contributed by atoms with Crippen LogP contribution >= 0.6 is 0 Å². The van der Waals surface area contributed by atoms with Crippen molar-refractivity contribution < 1.29 is 9.18 Å². The molecule has 0 spiro atoms. The predicted molar refractivity (Wildman–Crippen MR) is 129 cm³/mol. The minimum atomic E-state index is -0.541. The third-order valence-corrected chi connectivity index (χ3v) is 5.47. The number of amides is 1. The summed E-state index contributed by atoms with van der Waals surface area (Å²) in [5.74, 6) is -0.936. The minimum absolute atomic E-state index is 0.0287. The van der Waals surface area contributed by atoms with Gasteiger partial charge in [0.1, 0.15) is 17.5 Å². The summed E-state index contributed by atoms with van der Waals surface area (Å²) in [5.41, 5.74) is 6.37. The van der Waals surface area contributed by atoms with Crippen LogP contribution in [0.15, 0.2) is 90.5 Å². The lowest BCUT2D eigenvalue weighted by atomic mass is 10.1. The summed E-state index contributed by atoms with van der Waals surface area (Å²) in [7, 11) is 0. The predicted octanol–water partition coefficient (Wildman–Crippen LogP) is 6.45. The van der Waals surface area contributed by atoms with E-state index in [0.29, 0.717) is 5.69 Å². The first kappa shape index (κ1) is 21.8. The molecule has 3 aromatic carbocycles. The van der Waals surface area contributed by atoms with Crippen molar-refractivity contribution in [2.24, 2.45) is 0 Å². The summed E-state index contributed by atoms with van der Waals surface area (Å²) >= 11 is 0. The van der Waals surface area contributed by atoms with Gasteiger partial charge in [-0.15, -0.1) is 0 Å². The Labute approximate surface area is 192 Å². The first-order valence-electron chi connectivity index (χ1n) is 10.5. The van der Waals surface area contributed by atoms with Crippen molar-refractivity contribution in [1.82, 2.24) is 4.57 Å². The summed E-state index contributed by atoms with van der Waals surface area (Å²) in [6.45, 7) is 3.94. The van der Waals surface area contributed by atoms with Crippen molar-refractivity contribution >= 4 is 17.7 Å². The van der Waals surface area contributed by atoms with Crippen LogP contribution in [0.3, 0.4) is 0 Å². The van der Waals surface area contributed by atoms with Crippen LogP contribution in [-0.2, 0) is 4.79 Å². The number of nitrogens with one attached hydrogen (secondary N) is 1. The average Bonchev–Trinajstić information content (AvgIpc) is 3.12. The lowest BCUT2D eigenvalue weighted by Crippen LogP contribution is -2.13. The van der Waals surface area contributed by atoms with E-state index in [1.807, 2.05) is 44.2 Å². The zero-order valence-electron chi connectivity index (χ0n) is 18.3. The number of carbonyl (C=O) groups excluding carboxylic acids is 1. The first-order valence-corrected chi connectivity index (χ1v) is 10.5. The Kier molecular flexibility index (Phi) is 6.19. The summed E-state index contributed by atoms with van der Waals surface area (Å²) in [5, 5.41) is 12.2. The first-order chi connectivity index (χ1) is 16.0. The number of halogens is 1. The van der Waals surface area contributed by atoms with Gasteiger partial charge in [0.25, 0.3) is 5.91 Å². The SMILES string of the molecule is Cc1cc(C=C(C#N)C(=O)Nc2ccc(F)cc2)c(C)n1-c1ccc(-c2ccccc2)cc1. The van der Waals surface area contributed by atoms with Gasteiger partial charge >= 0.3 is 0 Å². The van der Waals surface area contributed by atoms with E-state index in [1.165, 1.54) is 24.3 Å². The van der Waals surface area contributed by atoms with Crippen molar-refractivity contribution in [3.05, 3.63) is 113 Å². The maximum Gasteiger partial charge on any atom is 0.266 e. The van der Waals surface area contributed by atoms with E-state index in [1.54, 1.807) is 6.08 Å². The van der Waals surface area contributed by atoms with E-state index >= 15 is 0 Å². The number of nitrogens with zero attached hydrogens (tertiary/aromatic N) is 2. The molecule has 4 nitrogen and oxygen atoms in total. The van der Waals surface area contributed by atoms with Gasteiger partial charge in [0.05, 0.1) is 0 Å². The molecule has 0 aliphatic carbocycles. The fraction of sp³-hybridized carbons (Fsp3) is 0.0714. The molecule has 0 radical (unpaired) electrons. The van der Waals surface area contributed by atoms with Gasteiger partial charge < -0.3 is 9.88 Å². The monoisotopic (exact) mass is 435 g/mol. The van der Waals surface area contributed by atoms with Crippen molar-refractivity contribution in [3.8, 4) is 22.9 Å². The number of aryl methyl sites for hydroxylation is 1. The molecule has 4 aromatic rings. The average molecular weight is 436 g/mol. The van der Waals surface area contributed by atoms with Gasteiger partial charge in [-0.3, -0.25) is 4.79 Å². The van der Waals surface area contributed by atoms with Crippen LogP contribution in [0.4, 0.5) is 10.1 Å². The van der Waals surface area contributed by atoms with E-state index in [9.17, 15) is 14.4 Å². The Balaban J connectivity index is 1.61. The lowest BCUT2D eigenvalue weighted by molar-refractivity contribution is -0.112. The molecule has 0 aliphatic rings. The molecular weight excluding hydrogens is 413 g/mol. The molecule has 0 aliphatic heterocycles. The zero-order chi connectivity index (χ0) is 23.4. The topological polar surface area (TPSA) is 57.8 Å². The van der Waals surface area contributed by atoms with Crippen molar-refractivity contribution in [2.75, 3.05) is 5.32 Å². The molecule has 4 rings (SSSR count). The molecule has 1 aromatic heterocycles. The van der Waals surface area contributed by atoms with Crippen LogP contribution < -0.4 is 5.32 Å². The quantitative estimate of drug-likeness (QED) is 0.289. The van der Waals surface area contributed by atoms with E-state index in [2.05, 4.69) is 46.3 Å². The number of anilines is 1. The van der Waals surface area contributed by atoms with Crippen LogP contribution in [0, 0.1) is 31.0 Å². The Morgan fingerprint density at radius 1 is 0.939 bits per heavy atom. The highest BCUT2D eigenvalue weighted by Gasteiger charge is 2.14. The molecule has 33 heavy (non-hydrogen) atoms. The summed E-state index contributed by atoms with van der Waals surface area (Å²) < 4.78 is 15.2. The third kappa shape index (κ3) is 4.76. The van der Waals surface area contributed by atoms with Gasteiger partial charge in [-0.05, 0) is 79.1 Å². The van der Waals surface area contributed by atoms with Crippen LogP contribution in [0.5, 0.6) is 0 Å². The number of rotatable bonds is 5. The molecule has 0 fully saturated rings. The second-order valence-electron chi connectivity index (χ2n) is 7.71. The molecule has 1 amide bonds. The highest BCUT2D eigenvalue weighted by atomic mass is 19.1. The fourth-order valence-electron chi connectivity index (χ4n) is 3.80. The van der Waals surface area contributed by atoms with E-state index < -0.39 is 11.7 Å². The summed E-state index contributed by atoms with van der Waals surface area (Å²) in [6, 6.07) is 27.8. The van der Waals surface area contributed by atoms with Gasteiger partial charge in [-0.2, -0.15) is 5.26 Å². The van der Waals surface area contributed by atoms with Crippen LogP contribution in [0.25, 0.3) is 22.9 Å². The Morgan fingerprint density at radius 3 is 2.21 bits per heavy atom. The molecule has 1 heterocycles. The Bertz CT molecular complexity index is 1360. The third-order valence-electron chi connectivity index (χ3n) is 5.47. The van der Waals surface area contributed by atoms with Crippen LogP contribution in [-0.4, -0.2) is 10.5 Å². The maximum absolute atomic E-state index is 13.1. The second kappa shape index (κ2) is 9.37. The normalized spacial score (nSPS) is 11.2. The van der Waals surface area contributed by atoms with Gasteiger partial charge in [-0.25, -0.2) is 4.39 Å². The molecule has 5 heteroatoms. The molecule has 0 bridgehead atoms. The molecule has 0 unspecified atom stereocenters. The Hall–Kier alpha value is -4.43. The van der Waals surface area contributed by atoms with Crippen LogP contribution in [0.1, 0.15) is 17.0 Å². The van der Waals surface area contributed by atoms with Crippen LogP contribution in [0.2, 0.25) is 0 Å². The largest absolute Gasteiger partial charge is 0.321 e. The number of carbonyl (C=O) groups is 1. The molecule has 1 N–H and O–H groups in total. The number of benzene rings is 3. The van der Waals surface area contributed by atoms with Crippen molar-refractivity contribution in [1.29, 1.82) is 5.26 Å². The summed E-state index contributed by atoms with van der Waals surface area (Å²) in [6.07, 6.45) is 1.58. The molecular formula is C28H22FN3O. The van der Waals surface area contributed by atoms with E-state index in [-0.39, 0.29) is 5.57 Å². The molecule has 0 atom stereocenters. The lowest BCUT2D eigenvalue weighted by Gasteiger charge is -2.11. The summed E-state index contributed by atoms with van der Waals surface area (Å²) in [4.78, 5) is 12.6. The number of hydrogen-bond acceptors (Lipinski definition) is 2. The zero-order valence-corrected chi connectivity index (χ0v) is 18.3. The second-order valence-corrected chi connectivity index (χ2v) is 7.71. The standard InChI is InChI=1S/C28H22FN3O/c1-19-16-23(17-24(18-30)28(33)31-26-12-10-25(29)11-13-26)20(2)32(19)27-14-8-22(9-15-27)21-6-4-3-5-7-21/h3-17H,1-2H3,(H,31,33).